The van der Waals surface area contributed by atoms with Crippen LogP contribution in [0.3, 0.4) is 0 Å². The Labute approximate surface area is 129 Å². The summed E-state index contributed by atoms with van der Waals surface area (Å²) in [5, 5.41) is 12.3. The number of aromatic nitrogens is 4. The molecule has 0 spiro atoms. The van der Waals surface area contributed by atoms with Gasteiger partial charge in [-0.05, 0) is 29.5 Å². The van der Waals surface area contributed by atoms with Gasteiger partial charge in [-0.15, -0.1) is 21.5 Å². The van der Waals surface area contributed by atoms with E-state index in [0.29, 0.717) is 17.9 Å². The summed E-state index contributed by atoms with van der Waals surface area (Å²) in [4.78, 5) is 13.6. The number of rotatable bonds is 4. The number of thiophene rings is 1. The normalized spacial score (nSPS) is 10.7. The van der Waals surface area contributed by atoms with Gasteiger partial charge >= 0.3 is 0 Å². The third kappa shape index (κ3) is 3.09. The van der Waals surface area contributed by atoms with E-state index in [1.54, 1.807) is 24.3 Å². The van der Waals surface area contributed by atoms with Crippen LogP contribution >= 0.6 is 22.9 Å². The molecule has 0 fully saturated rings. The Morgan fingerprint density at radius 3 is 2.62 bits per heavy atom. The number of hydrogen-bond donors (Lipinski definition) is 1. The number of hydrogen-bond acceptors (Lipinski definition) is 5. The third-order valence-corrected chi connectivity index (χ3v) is 4.02. The van der Waals surface area contributed by atoms with Gasteiger partial charge < -0.3 is 5.73 Å². The molecule has 8 heteroatoms. The second-order valence-electron chi connectivity index (χ2n) is 4.29. The summed E-state index contributed by atoms with van der Waals surface area (Å²) in [5.41, 5.74) is 6.42. The smallest absolute Gasteiger partial charge is 0.248 e. The zero-order chi connectivity index (χ0) is 14.8. The van der Waals surface area contributed by atoms with Crippen LogP contribution in [0.4, 0.5) is 0 Å². The predicted octanol–water partition coefficient (Wildman–Crippen LogP) is 2.20. The van der Waals surface area contributed by atoms with Crippen LogP contribution < -0.4 is 5.73 Å². The Kier molecular flexibility index (Phi) is 3.68. The van der Waals surface area contributed by atoms with E-state index in [-0.39, 0.29) is 0 Å². The van der Waals surface area contributed by atoms with Crippen molar-refractivity contribution in [2.24, 2.45) is 5.73 Å². The molecular weight excluding hydrogens is 310 g/mol. The maximum Gasteiger partial charge on any atom is 0.248 e. The summed E-state index contributed by atoms with van der Waals surface area (Å²) in [5.74, 6) is 0.0291. The molecule has 1 aromatic carbocycles. The minimum atomic E-state index is -0.465. The summed E-state index contributed by atoms with van der Waals surface area (Å²) >= 11 is 7.36. The van der Waals surface area contributed by atoms with Gasteiger partial charge in [-0.2, -0.15) is 4.80 Å². The molecule has 0 saturated carbocycles. The first kappa shape index (κ1) is 13.7. The molecular formula is C13H10ClN5OS. The second-order valence-corrected chi connectivity index (χ2v) is 6.09. The van der Waals surface area contributed by atoms with Crippen LogP contribution in [0, 0.1) is 0 Å². The van der Waals surface area contributed by atoms with Crippen LogP contribution in [0.1, 0.15) is 15.2 Å². The average molecular weight is 320 g/mol. The Morgan fingerprint density at radius 2 is 2.00 bits per heavy atom. The van der Waals surface area contributed by atoms with Crippen molar-refractivity contribution in [3.8, 4) is 11.4 Å². The Balaban J connectivity index is 1.79. The van der Waals surface area contributed by atoms with Gasteiger partial charge in [-0.25, -0.2) is 0 Å². The molecule has 0 bridgehead atoms. The number of nitrogens with zero attached hydrogens (tertiary/aromatic N) is 4. The lowest BCUT2D eigenvalue weighted by molar-refractivity contribution is 0.100. The van der Waals surface area contributed by atoms with Crippen LogP contribution in [0.5, 0.6) is 0 Å². The fraction of sp³-hybridized carbons (Fsp3) is 0.0769. The van der Waals surface area contributed by atoms with Gasteiger partial charge in [-0.3, -0.25) is 4.79 Å². The standard InChI is InChI=1S/C13H10ClN5OS/c14-11-6-5-10(21-11)7-19-17-13(16-18-19)9-3-1-8(2-4-9)12(15)20/h1-6H,7H2,(H2,15,20). The molecule has 0 aliphatic heterocycles. The molecule has 0 aliphatic rings. The van der Waals surface area contributed by atoms with E-state index in [1.807, 2.05) is 12.1 Å². The van der Waals surface area contributed by atoms with E-state index < -0.39 is 5.91 Å². The first-order chi connectivity index (χ1) is 10.1. The van der Waals surface area contributed by atoms with Crippen molar-refractivity contribution in [3.63, 3.8) is 0 Å². The van der Waals surface area contributed by atoms with Crippen molar-refractivity contribution in [2.45, 2.75) is 6.54 Å². The Morgan fingerprint density at radius 1 is 1.24 bits per heavy atom. The summed E-state index contributed by atoms with van der Waals surface area (Å²) in [6.07, 6.45) is 0. The van der Waals surface area contributed by atoms with Gasteiger partial charge in [0.2, 0.25) is 11.7 Å². The lowest BCUT2D eigenvalue weighted by Crippen LogP contribution is -2.10. The van der Waals surface area contributed by atoms with E-state index >= 15 is 0 Å². The number of amides is 1. The molecule has 0 saturated heterocycles. The van der Waals surface area contributed by atoms with Gasteiger partial charge in [-0.1, -0.05) is 23.7 Å². The number of primary amides is 1. The molecule has 0 atom stereocenters. The summed E-state index contributed by atoms with van der Waals surface area (Å²) in [6.45, 7) is 0.518. The fourth-order valence-corrected chi connectivity index (χ4v) is 2.85. The van der Waals surface area contributed by atoms with Gasteiger partial charge in [0.05, 0.1) is 10.9 Å². The van der Waals surface area contributed by atoms with E-state index in [0.717, 1.165) is 14.8 Å². The highest BCUT2D eigenvalue weighted by molar-refractivity contribution is 7.16. The number of tetrazole rings is 1. The van der Waals surface area contributed by atoms with Gasteiger partial charge in [0.15, 0.2) is 0 Å². The lowest BCUT2D eigenvalue weighted by atomic mass is 10.1. The molecule has 6 nitrogen and oxygen atoms in total. The predicted molar refractivity (Wildman–Crippen MR) is 80.2 cm³/mol. The van der Waals surface area contributed by atoms with E-state index in [1.165, 1.54) is 16.1 Å². The minimum Gasteiger partial charge on any atom is -0.366 e. The van der Waals surface area contributed by atoms with E-state index in [9.17, 15) is 4.79 Å². The maximum absolute atomic E-state index is 11.0. The van der Waals surface area contributed by atoms with Crippen molar-refractivity contribution in [3.05, 3.63) is 51.2 Å². The molecule has 0 aliphatic carbocycles. The van der Waals surface area contributed by atoms with E-state index in [2.05, 4.69) is 15.4 Å². The maximum atomic E-state index is 11.0. The summed E-state index contributed by atoms with van der Waals surface area (Å²) < 4.78 is 0.729. The van der Waals surface area contributed by atoms with Crippen LogP contribution in [0.15, 0.2) is 36.4 Å². The quantitative estimate of drug-likeness (QED) is 0.798. The van der Waals surface area contributed by atoms with E-state index in [4.69, 9.17) is 17.3 Å². The minimum absolute atomic E-state index is 0.444. The average Bonchev–Trinajstić information content (AvgIpc) is 3.09. The Hall–Kier alpha value is -2.25. The summed E-state index contributed by atoms with van der Waals surface area (Å²) in [7, 11) is 0. The van der Waals surface area contributed by atoms with Crippen LogP contribution in [-0.2, 0) is 6.54 Å². The molecule has 2 N–H and O–H groups in total. The second kappa shape index (κ2) is 5.63. The number of nitrogens with two attached hydrogens (primary N) is 1. The SMILES string of the molecule is NC(=O)c1ccc(-c2nnn(Cc3ccc(Cl)s3)n2)cc1. The highest BCUT2D eigenvalue weighted by Gasteiger charge is 2.08. The van der Waals surface area contributed by atoms with Crippen LogP contribution in [0.25, 0.3) is 11.4 Å². The summed E-state index contributed by atoms with van der Waals surface area (Å²) in [6, 6.07) is 10.5. The first-order valence-electron chi connectivity index (χ1n) is 6.04. The highest BCUT2D eigenvalue weighted by atomic mass is 35.5. The van der Waals surface area contributed by atoms with Crippen LogP contribution in [0.2, 0.25) is 4.34 Å². The van der Waals surface area contributed by atoms with Crippen molar-refractivity contribution in [1.82, 2.24) is 20.2 Å². The van der Waals surface area contributed by atoms with Gasteiger partial charge in [0.1, 0.15) is 0 Å². The number of carbonyl (C=O) groups excluding carboxylic acids is 1. The fourth-order valence-electron chi connectivity index (χ4n) is 1.79. The van der Waals surface area contributed by atoms with Crippen molar-refractivity contribution < 1.29 is 4.79 Å². The molecule has 21 heavy (non-hydrogen) atoms. The van der Waals surface area contributed by atoms with Gasteiger partial charge in [0, 0.05) is 16.0 Å². The number of halogens is 1. The monoisotopic (exact) mass is 319 g/mol. The molecule has 0 radical (unpaired) electrons. The topological polar surface area (TPSA) is 86.7 Å². The van der Waals surface area contributed by atoms with Gasteiger partial charge in [0.25, 0.3) is 0 Å². The highest BCUT2D eigenvalue weighted by Crippen LogP contribution is 2.22. The van der Waals surface area contributed by atoms with Crippen LogP contribution in [-0.4, -0.2) is 26.1 Å². The molecule has 0 unspecified atom stereocenters. The largest absolute Gasteiger partial charge is 0.366 e. The van der Waals surface area contributed by atoms with Crippen molar-refractivity contribution in [1.29, 1.82) is 0 Å². The first-order valence-corrected chi connectivity index (χ1v) is 7.23. The molecule has 3 aromatic rings. The van der Waals surface area contributed by atoms with Crippen molar-refractivity contribution >= 4 is 28.8 Å². The molecule has 2 aromatic heterocycles. The van der Waals surface area contributed by atoms with Crippen molar-refractivity contribution in [2.75, 3.05) is 0 Å². The number of benzene rings is 1. The molecule has 106 valence electrons. The molecule has 2 heterocycles. The molecule has 1 amide bonds. The third-order valence-electron chi connectivity index (χ3n) is 2.81. The molecule has 3 rings (SSSR count). The Bertz CT molecular complexity index is 780. The number of carbonyl (C=O) groups is 1. The zero-order valence-electron chi connectivity index (χ0n) is 10.7. The zero-order valence-corrected chi connectivity index (χ0v) is 12.3. The lowest BCUT2D eigenvalue weighted by Gasteiger charge is -1.97.